The molecule has 0 radical (unpaired) electrons. The number of aryl methyl sites for hydroxylation is 2. The number of hydrogen-bond acceptors (Lipinski definition) is 1. The molecule has 14 heavy (non-hydrogen) atoms. The van der Waals surface area contributed by atoms with Crippen molar-refractivity contribution in [2.75, 3.05) is 0 Å². The van der Waals surface area contributed by atoms with Crippen LogP contribution in [0.15, 0.2) is 43.2 Å². The van der Waals surface area contributed by atoms with E-state index in [0.717, 1.165) is 0 Å². The van der Waals surface area contributed by atoms with E-state index in [0.29, 0.717) is 6.61 Å². The van der Waals surface area contributed by atoms with Gasteiger partial charge in [0.25, 0.3) is 0 Å². The fraction of sp³-hybridized carbons (Fsp3) is 0.231. The van der Waals surface area contributed by atoms with Crippen molar-refractivity contribution in [2.45, 2.75) is 20.5 Å². The Balaban J connectivity index is 2.55. The molecule has 0 spiro atoms. The largest absolute Gasteiger partial charge is 0.497 e. The van der Waals surface area contributed by atoms with Crippen molar-refractivity contribution in [3.8, 4) is 0 Å². The summed E-state index contributed by atoms with van der Waals surface area (Å²) in [5.74, 6) is 0. The van der Waals surface area contributed by atoms with Gasteiger partial charge < -0.3 is 4.74 Å². The highest BCUT2D eigenvalue weighted by Gasteiger charge is 1.95. The van der Waals surface area contributed by atoms with E-state index >= 15 is 0 Å². The van der Waals surface area contributed by atoms with Crippen LogP contribution in [0.5, 0.6) is 0 Å². The molecule has 1 aromatic rings. The normalized spacial score (nSPS) is 10.4. The van der Waals surface area contributed by atoms with Gasteiger partial charge in [-0.25, -0.2) is 0 Å². The molecule has 0 atom stereocenters. The summed E-state index contributed by atoms with van der Waals surface area (Å²) in [7, 11) is 0. The Bertz CT molecular complexity index is 337. The monoisotopic (exact) mass is 188 g/mol. The minimum Gasteiger partial charge on any atom is -0.497 e. The zero-order chi connectivity index (χ0) is 10.4. The smallest absolute Gasteiger partial charge is 0.112 e. The van der Waals surface area contributed by atoms with E-state index in [4.69, 9.17) is 4.74 Å². The first-order chi connectivity index (χ1) is 6.74. The van der Waals surface area contributed by atoms with Gasteiger partial charge >= 0.3 is 0 Å². The molecule has 1 nitrogen and oxygen atoms in total. The molecule has 0 saturated carbocycles. The lowest BCUT2D eigenvalue weighted by molar-refractivity contribution is 0.236. The number of ether oxygens (including phenoxy) is 1. The Kier molecular flexibility index (Phi) is 3.99. The van der Waals surface area contributed by atoms with E-state index < -0.39 is 0 Å². The molecule has 74 valence electrons. The number of allylic oxidation sites excluding steroid dienone is 2. The summed E-state index contributed by atoms with van der Waals surface area (Å²) in [4.78, 5) is 0. The number of benzene rings is 1. The van der Waals surface area contributed by atoms with Crippen molar-refractivity contribution in [2.24, 2.45) is 0 Å². The summed E-state index contributed by atoms with van der Waals surface area (Å²) in [6, 6.07) is 6.35. The second-order valence-electron chi connectivity index (χ2n) is 3.29. The highest BCUT2D eigenvalue weighted by atomic mass is 16.5. The molecule has 0 aliphatic heterocycles. The quantitative estimate of drug-likeness (QED) is 0.519. The highest BCUT2D eigenvalue weighted by Crippen LogP contribution is 2.10. The van der Waals surface area contributed by atoms with Crippen molar-refractivity contribution in [1.82, 2.24) is 0 Å². The maximum atomic E-state index is 5.30. The second-order valence-corrected chi connectivity index (χ2v) is 3.29. The van der Waals surface area contributed by atoms with E-state index in [2.05, 4.69) is 38.6 Å². The van der Waals surface area contributed by atoms with Crippen LogP contribution in [0.4, 0.5) is 0 Å². The van der Waals surface area contributed by atoms with Crippen LogP contribution in [0, 0.1) is 13.8 Å². The lowest BCUT2D eigenvalue weighted by atomic mass is 10.1. The molecule has 0 heterocycles. The van der Waals surface area contributed by atoms with Crippen molar-refractivity contribution in [1.29, 1.82) is 0 Å². The third-order valence-electron chi connectivity index (χ3n) is 2.13. The standard InChI is InChI=1S/C13H16O/c1-4-5-8-14-10-13-7-6-11(2)12(3)9-13/h4-9H,1,10H2,2-3H3. The van der Waals surface area contributed by atoms with Gasteiger partial charge in [0.15, 0.2) is 0 Å². The first-order valence-electron chi connectivity index (χ1n) is 4.69. The number of hydrogen-bond donors (Lipinski definition) is 0. The van der Waals surface area contributed by atoms with Gasteiger partial charge in [0.2, 0.25) is 0 Å². The zero-order valence-electron chi connectivity index (χ0n) is 8.79. The maximum absolute atomic E-state index is 5.30. The molecule has 0 aliphatic rings. The Morgan fingerprint density at radius 3 is 2.71 bits per heavy atom. The Morgan fingerprint density at radius 1 is 1.29 bits per heavy atom. The lowest BCUT2D eigenvalue weighted by Crippen LogP contribution is -1.89. The van der Waals surface area contributed by atoms with Crippen LogP contribution in [-0.4, -0.2) is 0 Å². The molecule has 1 rings (SSSR count). The van der Waals surface area contributed by atoms with Gasteiger partial charge in [-0.15, -0.1) is 0 Å². The molecule has 0 N–H and O–H groups in total. The third kappa shape index (κ3) is 3.09. The Morgan fingerprint density at radius 2 is 2.07 bits per heavy atom. The van der Waals surface area contributed by atoms with E-state index in [1.807, 2.05) is 0 Å². The predicted octanol–water partition coefficient (Wildman–Crippen LogP) is 3.52. The first-order valence-corrected chi connectivity index (χ1v) is 4.69. The summed E-state index contributed by atoms with van der Waals surface area (Å²) in [5, 5.41) is 0. The van der Waals surface area contributed by atoms with Gasteiger partial charge in [-0.3, -0.25) is 0 Å². The van der Waals surface area contributed by atoms with Gasteiger partial charge in [0, 0.05) is 0 Å². The van der Waals surface area contributed by atoms with E-state index in [1.165, 1.54) is 16.7 Å². The van der Waals surface area contributed by atoms with Crippen LogP contribution in [0.1, 0.15) is 16.7 Å². The molecule has 0 bridgehead atoms. The van der Waals surface area contributed by atoms with Crippen LogP contribution < -0.4 is 0 Å². The van der Waals surface area contributed by atoms with Crippen LogP contribution in [0.25, 0.3) is 0 Å². The van der Waals surface area contributed by atoms with Crippen molar-refractivity contribution in [3.05, 3.63) is 59.9 Å². The molecule has 0 aliphatic carbocycles. The van der Waals surface area contributed by atoms with Crippen LogP contribution >= 0.6 is 0 Å². The highest BCUT2D eigenvalue weighted by molar-refractivity contribution is 5.29. The van der Waals surface area contributed by atoms with Gasteiger partial charge in [-0.2, -0.15) is 0 Å². The minimum absolute atomic E-state index is 0.617. The number of rotatable bonds is 4. The molecule has 0 saturated heterocycles. The van der Waals surface area contributed by atoms with Crippen LogP contribution in [0.3, 0.4) is 0 Å². The molecular weight excluding hydrogens is 172 g/mol. The van der Waals surface area contributed by atoms with Crippen molar-refractivity contribution in [3.63, 3.8) is 0 Å². The predicted molar refractivity (Wildman–Crippen MR) is 60.0 cm³/mol. The Labute approximate surface area is 85.7 Å². The topological polar surface area (TPSA) is 9.23 Å². The Hall–Kier alpha value is -1.50. The van der Waals surface area contributed by atoms with Crippen LogP contribution in [0.2, 0.25) is 0 Å². The molecule has 0 unspecified atom stereocenters. The van der Waals surface area contributed by atoms with Crippen molar-refractivity contribution < 1.29 is 4.74 Å². The molecule has 0 fully saturated rings. The summed E-state index contributed by atoms with van der Waals surface area (Å²) in [6.45, 7) is 8.40. The average Bonchev–Trinajstić information content (AvgIpc) is 2.18. The van der Waals surface area contributed by atoms with E-state index in [-0.39, 0.29) is 0 Å². The molecule has 1 heteroatoms. The minimum atomic E-state index is 0.617. The van der Waals surface area contributed by atoms with Crippen LogP contribution in [-0.2, 0) is 11.3 Å². The summed E-state index contributed by atoms with van der Waals surface area (Å²) >= 11 is 0. The lowest BCUT2D eigenvalue weighted by Gasteiger charge is -2.04. The van der Waals surface area contributed by atoms with Gasteiger partial charge in [0.1, 0.15) is 6.61 Å². The third-order valence-corrected chi connectivity index (χ3v) is 2.13. The van der Waals surface area contributed by atoms with Gasteiger partial charge in [0.05, 0.1) is 6.26 Å². The van der Waals surface area contributed by atoms with Crippen molar-refractivity contribution >= 4 is 0 Å². The molecular formula is C13H16O. The van der Waals surface area contributed by atoms with Gasteiger partial charge in [-0.05, 0) is 36.6 Å². The average molecular weight is 188 g/mol. The van der Waals surface area contributed by atoms with E-state index in [1.54, 1.807) is 18.4 Å². The SMILES string of the molecule is C=CC=COCc1ccc(C)c(C)c1. The van der Waals surface area contributed by atoms with E-state index in [9.17, 15) is 0 Å². The molecule has 0 amide bonds. The maximum Gasteiger partial charge on any atom is 0.112 e. The van der Waals surface area contributed by atoms with Gasteiger partial charge in [-0.1, -0.05) is 30.9 Å². The molecule has 1 aromatic carbocycles. The first kappa shape index (κ1) is 10.6. The second kappa shape index (κ2) is 5.28. The fourth-order valence-corrected chi connectivity index (χ4v) is 1.15. The zero-order valence-corrected chi connectivity index (χ0v) is 8.79. The molecule has 0 aromatic heterocycles. The summed E-state index contributed by atoms with van der Waals surface area (Å²) in [5.41, 5.74) is 3.82. The summed E-state index contributed by atoms with van der Waals surface area (Å²) < 4.78 is 5.30. The fourth-order valence-electron chi connectivity index (χ4n) is 1.15. The summed E-state index contributed by atoms with van der Waals surface area (Å²) in [6.07, 6.45) is 5.13.